The topological polar surface area (TPSA) is 29.1 Å². The molecular weight excluding hydrogens is 194 g/mol. The van der Waals surface area contributed by atoms with Gasteiger partial charge in [0.15, 0.2) is 5.78 Å². The van der Waals surface area contributed by atoms with Gasteiger partial charge in [0.2, 0.25) is 0 Å². The van der Waals surface area contributed by atoms with E-state index in [1.54, 1.807) is 11.8 Å². The number of carbonyl (C=O) groups is 1. The third-order valence-electron chi connectivity index (χ3n) is 2.51. The molecule has 0 bridgehead atoms. The van der Waals surface area contributed by atoms with E-state index >= 15 is 0 Å². The maximum atomic E-state index is 11.5. The number of hydrogen-bond acceptors (Lipinski definition) is 3. The summed E-state index contributed by atoms with van der Waals surface area (Å²) in [6.45, 7) is 0. The lowest BCUT2D eigenvalue weighted by atomic mass is 10.3. The molecule has 2 nitrogen and oxygen atoms in total. The molecule has 0 amide bonds. The molecule has 1 aromatic rings. The Morgan fingerprint density at radius 2 is 2.07 bits per heavy atom. The van der Waals surface area contributed by atoms with E-state index in [0.29, 0.717) is 6.42 Å². The predicted octanol–water partition coefficient (Wildman–Crippen LogP) is 2.78. The summed E-state index contributed by atoms with van der Waals surface area (Å²) in [5.74, 6) is 0.284. The van der Waals surface area contributed by atoms with Crippen LogP contribution in [0.5, 0.6) is 0 Å². The van der Waals surface area contributed by atoms with Gasteiger partial charge >= 0.3 is 0 Å². The Bertz CT molecular complexity index is 450. The Morgan fingerprint density at radius 3 is 3.00 bits per heavy atom. The highest BCUT2D eigenvalue weighted by molar-refractivity contribution is 8.04. The Kier molecular flexibility index (Phi) is 1.67. The molecule has 14 heavy (non-hydrogen) atoms. The summed E-state index contributed by atoms with van der Waals surface area (Å²) in [5.41, 5.74) is 2.24. The summed E-state index contributed by atoms with van der Waals surface area (Å²) in [6.07, 6.45) is 1.54. The quantitative estimate of drug-likeness (QED) is 0.703. The van der Waals surface area contributed by atoms with Gasteiger partial charge in [-0.1, -0.05) is 23.9 Å². The number of nitrogens with one attached hydrogen (secondary N) is 1. The molecule has 70 valence electrons. The van der Waals surface area contributed by atoms with Crippen LogP contribution >= 0.6 is 11.8 Å². The van der Waals surface area contributed by atoms with E-state index in [9.17, 15) is 4.79 Å². The summed E-state index contributed by atoms with van der Waals surface area (Å²) in [7, 11) is 0. The van der Waals surface area contributed by atoms with Crippen LogP contribution in [0.3, 0.4) is 0 Å². The maximum absolute atomic E-state index is 11.5. The minimum atomic E-state index is 0.284. The van der Waals surface area contributed by atoms with Gasteiger partial charge in [-0.25, -0.2) is 0 Å². The fourth-order valence-electron chi connectivity index (χ4n) is 1.80. The van der Waals surface area contributed by atoms with Crippen LogP contribution in [0.1, 0.15) is 12.8 Å². The van der Waals surface area contributed by atoms with E-state index < -0.39 is 0 Å². The molecule has 0 atom stereocenters. The molecule has 0 saturated heterocycles. The number of rotatable bonds is 0. The van der Waals surface area contributed by atoms with Gasteiger partial charge in [-0.2, -0.15) is 0 Å². The third-order valence-corrected chi connectivity index (χ3v) is 3.77. The van der Waals surface area contributed by atoms with E-state index in [1.807, 2.05) is 18.2 Å². The van der Waals surface area contributed by atoms with Crippen LogP contribution in [-0.2, 0) is 4.79 Å². The SMILES string of the molecule is O=C1CCC2=C1Sc1ccccc1N2. The molecule has 0 radical (unpaired) electrons. The molecule has 0 saturated carbocycles. The zero-order chi connectivity index (χ0) is 9.54. The second kappa shape index (κ2) is 2.89. The zero-order valence-electron chi connectivity index (χ0n) is 7.54. The van der Waals surface area contributed by atoms with Gasteiger partial charge in [-0.05, 0) is 18.6 Å². The van der Waals surface area contributed by atoms with Gasteiger partial charge in [0.25, 0.3) is 0 Å². The van der Waals surface area contributed by atoms with Crippen LogP contribution in [-0.4, -0.2) is 5.78 Å². The number of carbonyl (C=O) groups excluding carboxylic acids is 1. The van der Waals surface area contributed by atoms with E-state index in [0.717, 1.165) is 27.6 Å². The van der Waals surface area contributed by atoms with Crippen molar-refractivity contribution < 1.29 is 4.79 Å². The highest BCUT2D eigenvalue weighted by atomic mass is 32.2. The highest BCUT2D eigenvalue weighted by Gasteiger charge is 2.28. The van der Waals surface area contributed by atoms with Crippen LogP contribution in [0.4, 0.5) is 5.69 Å². The molecule has 1 aliphatic carbocycles. The normalized spacial score (nSPS) is 19.0. The van der Waals surface area contributed by atoms with Crippen molar-refractivity contribution in [3.63, 3.8) is 0 Å². The first kappa shape index (κ1) is 8.12. The summed E-state index contributed by atoms with van der Waals surface area (Å²) >= 11 is 1.60. The monoisotopic (exact) mass is 203 g/mol. The third kappa shape index (κ3) is 1.09. The van der Waals surface area contributed by atoms with E-state index in [4.69, 9.17) is 0 Å². The zero-order valence-corrected chi connectivity index (χ0v) is 8.36. The molecular formula is C11H9NOS. The van der Waals surface area contributed by atoms with Crippen LogP contribution in [0, 0.1) is 0 Å². The number of thioether (sulfide) groups is 1. The average Bonchev–Trinajstić information content (AvgIpc) is 2.57. The predicted molar refractivity (Wildman–Crippen MR) is 57.2 cm³/mol. The fourth-order valence-corrected chi connectivity index (χ4v) is 2.89. The van der Waals surface area contributed by atoms with Crippen LogP contribution in [0.2, 0.25) is 0 Å². The van der Waals surface area contributed by atoms with Gasteiger partial charge < -0.3 is 5.32 Å². The second-order valence-electron chi connectivity index (χ2n) is 3.45. The second-order valence-corrected chi connectivity index (χ2v) is 4.51. The van der Waals surface area contributed by atoms with Crippen molar-refractivity contribution in [2.75, 3.05) is 5.32 Å². The minimum Gasteiger partial charge on any atom is -0.357 e. The van der Waals surface area contributed by atoms with E-state index in [1.165, 1.54) is 0 Å². The number of hydrogen-bond donors (Lipinski definition) is 1. The van der Waals surface area contributed by atoms with Gasteiger partial charge in [-0.3, -0.25) is 4.79 Å². The molecule has 1 N–H and O–H groups in total. The standard InChI is InChI=1S/C11H9NOS/c13-9-6-5-8-11(9)14-10-4-2-1-3-7(10)12-8/h1-4,12H,5-6H2. The van der Waals surface area contributed by atoms with Crippen molar-refractivity contribution >= 4 is 23.2 Å². The molecule has 1 aliphatic heterocycles. The van der Waals surface area contributed by atoms with Crippen LogP contribution < -0.4 is 5.32 Å². The summed E-state index contributed by atoms with van der Waals surface area (Å²) in [5, 5.41) is 3.33. The van der Waals surface area contributed by atoms with E-state index in [-0.39, 0.29) is 5.78 Å². The van der Waals surface area contributed by atoms with Crippen molar-refractivity contribution in [1.29, 1.82) is 0 Å². The van der Waals surface area contributed by atoms with Crippen LogP contribution in [0.25, 0.3) is 0 Å². The highest BCUT2D eigenvalue weighted by Crippen LogP contribution is 2.44. The lowest BCUT2D eigenvalue weighted by Gasteiger charge is -2.18. The number of benzene rings is 1. The Hall–Kier alpha value is -1.22. The summed E-state index contributed by atoms with van der Waals surface area (Å²) in [4.78, 5) is 13.6. The van der Waals surface area contributed by atoms with Crippen molar-refractivity contribution in [2.45, 2.75) is 17.7 Å². The number of fused-ring (bicyclic) bond motifs is 1. The van der Waals surface area contributed by atoms with Gasteiger partial charge in [0.05, 0.1) is 10.6 Å². The lowest BCUT2D eigenvalue weighted by Crippen LogP contribution is -2.05. The number of para-hydroxylation sites is 1. The molecule has 0 aromatic heterocycles. The summed E-state index contributed by atoms with van der Waals surface area (Å²) in [6, 6.07) is 8.10. The molecule has 1 heterocycles. The molecule has 0 unspecified atom stereocenters. The summed E-state index contributed by atoms with van der Waals surface area (Å²) < 4.78 is 0. The molecule has 2 aliphatic rings. The number of ketones is 1. The Labute approximate surface area is 86.4 Å². The smallest absolute Gasteiger partial charge is 0.171 e. The first-order valence-corrected chi connectivity index (χ1v) is 5.46. The number of allylic oxidation sites excluding steroid dienone is 2. The average molecular weight is 203 g/mol. The van der Waals surface area contributed by atoms with Gasteiger partial charge in [-0.15, -0.1) is 0 Å². The molecule has 1 aromatic carbocycles. The number of Topliss-reactive ketones (excluding diaryl/α,β-unsaturated/α-hetero) is 1. The first-order chi connectivity index (χ1) is 6.84. The Balaban J connectivity index is 2.06. The van der Waals surface area contributed by atoms with Crippen molar-refractivity contribution in [1.82, 2.24) is 0 Å². The van der Waals surface area contributed by atoms with E-state index in [2.05, 4.69) is 11.4 Å². The molecule has 0 fully saturated rings. The molecule has 0 spiro atoms. The largest absolute Gasteiger partial charge is 0.357 e. The molecule has 3 rings (SSSR count). The van der Waals surface area contributed by atoms with Crippen molar-refractivity contribution in [3.8, 4) is 0 Å². The maximum Gasteiger partial charge on any atom is 0.171 e. The number of anilines is 1. The van der Waals surface area contributed by atoms with Crippen molar-refractivity contribution in [2.24, 2.45) is 0 Å². The fraction of sp³-hybridized carbons (Fsp3) is 0.182. The van der Waals surface area contributed by atoms with Crippen molar-refractivity contribution in [3.05, 3.63) is 34.9 Å². The van der Waals surface area contributed by atoms with Crippen LogP contribution in [0.15, 0.2) is 39.8 Å². The first-order valence-electron chi connectivity index (χ1n) is 4.65. The van der Waals surface area contributed by atoms with Gasteiger partial charge in [0, 0.05) is 17.0 Å². The molecule has 3 heteroatoms. The lowest BCUT2D eigenvalue weighted by molar-refractivity contribution is -0.114. The van der Waals surface area contributed by atoms with Gasteiger partial charge in [0.1, 0.15) is 0 Å². The minimum absolute atomic E-state index is 0.284. The Morgan fingerprint density at radius 1 is 1.21 bits per heavy atom.